The summed E-state index contributed by atoms with van der Waals surface area (Å²) in [5, 5.41) is 0. The van der Waals surface area contributed by atoms with Crippen LogP contribution in [0.15, 0.2) is 237 Å². The van der Waals surface area contributed by atoms with Crippen molar-refractivity contribution < 1.29 is 0 Å². The summed E-state index contributed by atoms with van der Waals surface area (Å²) in [5.74, 6) is 0. The third-order valence-corrected chi connectivity index (χ3v) is 14.7. The molecule has 3 aliphatic carbocycles. The van der Waals surface area contributed by atoms with Crippen molar-refractivity contribution >= 4 is 17.1 Å². The van der Waals surface area contributed by atoms with E-state index in [9.17, 15) is 0 Å². The molecule has 306 valence electrons. The van der Waals surface area contributed by atoms with Gasteiger partial charge in [0.25, 0.3) is 0 Å². The third kappa shape index (κ3) is 5.39. The normalized spacial score (nSPS) is 13.9. The van der Waals surface area contributed by atoms with E-state index in [4.69, 9.17) is 0 Å². The van der Waals surface area contributed by atoms with Gasteiger partial charge < -0.3 is 4.90 Å². The smallest absolute Gasteiger partial charge is 0.0731 e. The molecule has 0 radical (unpaired) electrons. The molecule has 10 aromatic carbocycles. The molecule has 0 saturated carbocycles. The maximum absolute atomic E-state index is 2.52. The second kappa shape index (κ2) is 14.3. The van der Waals surface area contributed by atoms with Gasteiger partial charge in [0.05, 0.1) is 11.1 Å². The van der Waals surface area contributed by atoms with Crippen molar-refractivity contribution in [3.8, 4) is 66.8 Å². The second-order valence-electron chi connectivity index (χ2n) is 18.4. The molecular weight excluding hydrogens is 783 g/mol. The molecule has 0 atom stereocenters. The van der Waals surface area contributed by atoms with Gasteiger partial charge in [-0.25, -0.2) is 0 Å². The van der Waals surface area contributed by atoms with Gasteiger partial charge >= 0.3 is 0 Å². The van der Waals surface area contributed by atoms with Crippen LogP contribution in [-0.4, -0.2) is 0 Å². The number of rotatable bonds is 6. The molecule has 0 unspecified atom stereocenters. The van der Waals surface area contributed by atoms with Crippen molar-refractivity contribution in [2.45, 2.75) is 24.7 Å². The SMILES string of the molecule is CC1(C)c2ccccc2-c2ccc(N(c3cc(-c4ccccc4)cc(-c4cccc5c4C4(c6ccccc6-c6ccccc64)c4ccccc4-5)c3)c3ccccc3-c3ccccc3)cc21. The Morgan fingerprint density at radius 3 is 1.38 bits per heavy atom. The van der Waals surface area contributed by atoms with Crippen LogP contribution >= 0.6 is 0 Å². The molecule has 0 N–H and O–H groups in total. The molecule has 65 heavy (non-hydrogen) atoms. The highest BCUT2D eigenvalue weighted by molar-refractivity contribution is 6.00. The fraction of sp³-hybridized carbons (Fsp3) is 0.0625. The van der Waals surface area contributed by atoms with Crippen LogP contribution < -0.4 is 4.90 Å². The zero-order valence-corrected chi connectivity index (χ0v) is 36.5. The van der Waals surface area contributed by atoms with E-state index in [0.717, 1.165) is 17.1 Å². The van der Waals surface area contributed by atoms with Gasteiger partial charge in [0, 0.05) is 22.4 Å². The standard InChI is InChI=1S/C64H45N/c1-63(2)56-31-14-9-25-50(56)54-37-36-46(41-60(54)63)65(61-35-18-13-24-48(61)43-22-7-4-8-23-43)47-39-44(42-20-5-3-6-21-42)38-45(40-47)49-29-19-30-55-53-28-12-17-34-59(53)64(62(49)55)57-32-15-10-26-51(57)52-27-11-16-33-58(52)64/h3-41H,1-2H3. The Balaban J connectivity index is 1.11. The highest BCUT2D eigenvalue weighted by atomic mass is 15.1. The zero-order chi connectivity index (χ0) is 43.3. The lowest BCUT2D eigenvalue weighted by Gasteiger charge is -2.33. The van der Waals surface area contributed by atoms with E-state index in [0.29, 0.717) is 0 Å². The summed E-state index contributed by atoms with van der Waals surface area (Å²) in [6.07, 6.45) is 0. The summed E-state index contributed by atoms with van der Waals surface area (Å²) in [7, 11) is 0. The van der Waals surface area contributed by atoms with Gasteiger partial charge in [0.2, 0.25) is 0 Å². The summed E-state index contributed by atoms with van der Waals surface area (Å²) >= 11 is 0. The Morgan fingerprint density at radius 2 is 0.738 bits per heavy atom. The van der Waals surface area contributed by atoms with Gasteiger partial charge in [-0.1, -0.05) is 214 Å². The summed E-state index contributed by atoms with van der Waals surface area (Å²) < 4.78 is 0. The molecule has 1 spiro atoms. The summed E-state index contributed by atoms with van der Waals surface area (Å²) in [6.45, 7) is 4.75. The first-order valence-corrected chi connectivity index (χ1v) is 22.8. The Labute approximate surface area is 381 Å². The highest BCUT2D eigenvalue weighted by Gasteiger charge is 2.52. The minimum atomic E-state index is -0.487. The van der Waals surface area contributed by atoms with Gasteiger partial charge in [-0.3, -0.25) is 0 Å². The van der Waals surface area contributed by atoms with Crippen LogP contribution in [0.2, 0.25) is 0 Å². The van der Waals surface area contributed by atoms with E-state index < -0.39 is 5.41 Å². The molecule has 0 aromatic heterocycles. The predicted octanol–water partition coefficient (Wildman–Crippen LogP) is 16.8. The molecular formula is C64H45N. The van der Waals surface area contributed by atoms with Crippen molar-refractivity contribution in [3.05, 3.63) is 270 Å². The van der Waals surface area contributed by atoms with E-state index >= 15 is 0 Å². The molecule has 13 rings (SSSR count). The minimum absolute atomic E-state index is 0.161. The van der Waals surface area contributed by atoms with Crippen molar-refractivity contribution in [1.82, 2.24) is 0 Å². The number of hydrogen-bond donors (Lipinski definition) is 0. The molecule has 1 nitrogen and oxygen atoms in total. The number of nitrogens with zero attached hydrogens (tertiary/aromatic N) is 1. The van der Waals surface area contributed by atoms with Crippen LogP contribution in [0.3, 0.4) is 0 Å². The van der Waals surface area contributed by atoms with Crippen molar-refractivity contribution in [2.75, 3.05) is 4.90 Å². The van der Waals surface area contributed by atoms with E-state index in [1.165, 1.54) is 100 Å². The van der Waals surface area contributed by atoms with E-state index in [1.54, 1.807) is 0 Å². The fourth-order valence-corrected chi connectivity index (χ4v) is 11.9. The molecule has 0 aliphatic heterocycles. The second-order valence-corrected chi connectivity index (χ2v) is 18.4. The van der Waals surface area contributed by atoms with Gasteiger partial charge in [-0.15, -0.1) is 0 Å². The van der Waals surface area contributed by atoms with Gasteiger partial charge in [-0.2, -0.15) is 0 Å². The Hall–Kier alpha value is -8.00. The lowest BCUT2D eigenvalue weighted by molar-refractivity contribution is 0.660. The van der Waals surface area contributed by atoms with Crippen LogP contribution in [-0.2, 0) is 10.8 Å². The largest absolute Gasteiger partial charge is 0.310 e. The number of hydrogen-bond acceptors (Lipinski definition) is 1. The molecule has 0 saturated heterocycles. The van der Waals surface area contributed by atoms with Crippen molar-refractivity contribution in [1.29, 1.82) is 0 Å². The van der Waals surface area contributed by atoms with Crippen LogP contribution in [0.1, 0.15) is 47.2 Å². The van der Waals surface area contributed by atoms with Gasteiger partial charge in [-0.05, 0) is 131 Å². The maximum atomic E-state index is 2.52. The lowest BCUT2D eigenvalue weighted by Crippen LogP contribution is -2.26. The number of benzene rings is 10. The maximum Gasteiger partial charge on any atom is 0.0731 e. The molecule has 0 heterocycles. The third-order valence-electron chi connectivity index (χ3n) is 14.7. The van der Waals surface area contributed by atoms with Crippen LogP contribution in [0.4, 0.5) is 17.1 Å². The summed E-state index contributed by atoms with van der Waals surface area (Å²) in [4.78, 5) is 2.52. The van der Waals surface area contributed by atoms with E-state index in [-0.39, 0.29) is 5.41 Å². The minimum Gasteiger partial charge on any atom is -0.310 e. The topological polar surface area (TPSA) is 3.24 Å². The molecule has 0 fully saturated rings. The number of para-hydroxylation sites is 1. The summed E-state index contributed by atoms with van der Waals surface area (Å²) in [5.41, 5.74) is 25.8. The predicted molar refractivity (Wildman–Crippen MR) is 271 cm³/mol. The average Bonchev–Trinajstić information content (AvgIpc) is 3.93. The quantitative estimate of drug-likeness (QED) is 0.161. The first-order chi connectivity index (χ1) is 32.0. The number of anilines is 3. The Bertz CT molecular complexity index is 3460. The average molecular weight is 828 g/mol. The van der Waals surface area contributed by atoms with Gasteiger partial charge in [0.15, 0.2) is 0 Å². The monoisotopic (exact) mass is 827 g/mol. The molecule has 1 heteroatoms. The molecule has 10 aromatic rings. The number of fused-ring (bicyclic) bond motifs is 13. The van der Waals surface area contributed by atoms with Crippen molar-refractivity contribution in [2.24, 2.45) is 0 Å². The Morgan fingerprint density at radius 1 is 0.277 bits per heavy atom. The van der Waals surface area contributed by atoms with E-state index in [1.807, 2.05) is 0 Å². The first-order valence-electron chi connectivity index (χ1n) is 22.8. The fourth-order valence-electron chi connectivity index (χ4n) is 11.9. The van der Waals surface area contributed by atoms with E-state index in [2.05, 4.69) is 255 Å². The molecule has 0 amide bonds. The first kappa shape index (κ1) is 37.5. The van der Waals surface area contributed by atoms with Crippen molar-refractivity contribution in [3.63, 3.8) is 0 Å². The Kier molecular flexibility index (Phi) is 8.24. The lowest BCUT2D eigenvalue weighted by atomic mass is 9.68. The van der Waals surface area contributed by atoms with Crippen LogP contribution in [0, 0.1) is 0 Å². The highest BCUT2D eigenvalue weighted by Crippen LogP contribution is 2.64. The van der Waals surface area contributed by atoms with Crippen LogP contribution in [0.25, 0.3) is 66.8 Å². The molecule has 3 aliphatic rings. The summed E-state index contributed by atoms with van der Waals surface area (Å²) in [6, 6.07) is 88.4. The zero-order valence-electron chi connectivity index (χ0n) is 36.5. The van der Waals surface area contributed by atoms with Gasteiger partial charge in [0.1, 0.15) is 0 Å². The van der Waals surface area contributed by atoms with Crippen LogP contribution in [0.5, 0.6) is 0 Å². The molecule has 0 bridgehead atoms.